The van der Waals surface area contributed by atoms with Gasteiger partial charge in [0.2, 0.25) is 0 Å². The molecule has 0 amide bonds. The molecule has 0 bridgehead atoms. The van der Waals surface area contributed by atoms with Gasteiger partial charge in [0.1, 0.15) is 16.8 Å². The SMILES string of the molecule is CC1(C)OC(C)(O)C(C)(O)C(C)(O)C1(C)O. The van der Waals surface area contributed by atoms with Crippen LogP contribution < -0.4 is 0 Å². The Balaban J connectivity index is 3.43. The summed E-state index contributed by atoms with van der Waals surface area (Å²) in [7, 11) is 0. The Hall–Kier alpha value is -0.200. The lowest BCUT2D eigenvalue weighted by Crippen LogP contribution is -2.83. The van der Waals surface area contributed by atoms with Gasteiger partial charge in [-0.05, 0) is 41.5 Å². The third-order valence-electron chi connectivity index (χ3n) is 4.43. The van der Waals surface area contributed by atoms with Gasteiger partial charge in [-0.25, -0.2) is 0 Å². The predicted octanol–water partition coefficient (Wildman–Crippen LogP) is -0.243. The van der Waals surface area contributed by atoms with Gasteiger partial charge in [-0.3, -0.25) is 0 Å². The van der Waals surface area contributed by atoms with Crippen LogP contribution in [0, 0.1) is 0 Å². The molecule has 1 heterocycles. The van der Waals surface area contributed by atoms with Gasteiger partial charge in [0, 0.05) is 0 Å². The van der Waals surface area contributed by atoms with Gasteiger partial charge in [-0.15, -0.1) is 0 Å². The molecule has 1 saturated heterocycles. The fourth-order valence-electron chi connectivity index (χ4n) is 2.21. The van der Waals surface area contributed by atoms with Gasteiger partial charge in [0.25, 0.3) is 0 Å². The zero-order valence-corrected chi connectivity index (χ0v) is 10.7. The van der Waals surface area contributed by atoms with Crippen LogP contribution in [0.5, 0.6) is 0 Å². The maximum atomic E-state index is 10.4. The summed E-state index contributed by atoms with van der Waals surface area (Å²) in [6.07, 6.45) is 0. The number of rotatable bonds is 0. The number of aliphatic hydroxyl groups is 4. The van der Waals surface area contributed by atoms with E-state index in [2.05, 4.69) is 0 Å². The second kappa shape index (κ2) is 2.97. The fourth-order valence-corrected chi connectivity index (χ4v) is 2.21. The summed E-state index contributed by atoms with van der Waals surface area (Å²) >= 11 is 0. The van der Waals surface area contributed by atoms with E-state index in [4.69, 9.17) is 4.74 Å². The van der Waals surface area contributed by atoms with E-state index in [0.717, 1.165) is 0 Å². The molecule has 0 aromatic rings. The molecule has 1 rings (SSSR count). The van der Waals surface area contributed by atoms with Crippen molar-refractivity contribution in [1.29, 1.82) is 0 Å². The Morgan fingerprint density at radius 3 is 1.38 bits per heavy atom. The first-order valence-corrected chi connectivity index (χ1v) is 5.30. The largest absolute Gasteiger partial charge is 0.384 e. The number of hydrogen-bond acceptors (Lipinski definition) is 5. The normalized spacial score (nSPS) is 57.4. The molecule has 0 radical (unpaired) electrons. The summed E-state index contributed by atoms with van der Waals surface area (Å²) in [6.45, 7) is 8.24. The van der Waals surface area contributed by atoms with Crippen molar-refractivity contribution in [2.75, 3.05) is 0 Å². The topological polar surface area (TPSA) is 90.2 Å². The minimum Gasteiger partial charge on any atom is -0.384 e. The first kappa shape index (κ1) is 13.9. The quantitative estimate of drug-likeness (QED) is 0.464. The van der Waals surface area contributed by atoms with Crippen molar-refractivity contribution in [3.05, 3.63) is 0 Å². The van der Waals surface area contributed by atoms with E-state index in [1.54, 1.807) is 13.8 Å². The second-order valence-electron chi connectivity index (χ2n) is 5.81. The van der Waals surface area contributed by atoms with E-state index in [1.807, 2.05) is 0 Å². The molecule has 1 aliphatic heterocycles. The van der Waals surface area contributed by atoms with E-state index in [0.29, 0.717) is 0 Å². The molecule has 16 heavy (non-hydrogen) atoms. The van der Waals surface area contributed by atoms with Crippen LogP contribution in [-0.2, 0) is 4.74 Å². The summed E-state index contributed by atoms with van der Waals surface area (Å²) in [5.74, 6) is -1.96. The van der Waals surface area contributed by atoms with Crippen molar-refractivity contribution in [3.8, 4) is 0 Å². The molecule has 0 spiro atoms. The first-order valence-electron chi connectivity index (χ1n) is 5.30. The van der Waals surface area contributed by atoms with Crippen LogP contribution >= 0.6 is 0 Å². The second-order valence-corrected chi connectivity index (χ2v) is 5.81. The van der Waals surface area contributed by atoms with Gasteiger partial charge in [0.05, 0.1) is 5.60 Å². The molecule has 96 valence electrons. The molecule has 0 aromatic heterocycles. The molecule has 4 unspecified atom stereocenters. The molecule has 1 fully saturated rings. The average Bonchev–Trinajstić information content (AvgIpc) is 1.98. The Labute approximate surface area is 95.7 Å². The van der Waals surface area contributed by atoms with Crippen molar-refractivity contribution < 1.29 is 25.2 Å². The zero-order chi connectivity index (χ0) is 13.2. The highest BCUT2D eigenvalue weighted by Gasteiger charge is 2.72. The molecule has 0 aliphatic carbocycles. The third-order valence-corrected chi connectivity index (χ3v) is 4.43. The van der Waals surface area contributed by atoms with E-state index >= 15 is 0 Å². The van der Waals surface area contributed by atoms with Gasteiger partial charge >= 0.3 is 0 Å². The van der Waals surface area contributed by atoms with Crippen molar-refractivity contribution in [2.24, 2.45) is 0 Å². The van der Waals surface area contributed by atoms with Crippen LogP contribution in [0.3, 0.4) is 0 Å². The Bertz CT molecular complexity index is 273. The average molecular weight is 234 g/mol. The smallest absolute Gasteiger partial charge is 0.195 e. The van der Waals surface area contributed by atoms with Crippen LogP contribution in [-0.4, -0.2) is 48.6 Å². The van der Waals surface area contributed by atoms with Gasteiger partial charge < -0.3 is 25.2 Å². The van der Waals surface area contributed by atoms with Crippen LogP contribution in [0.15, 0.2) is 0 Å². The van der Waals surface area contributed by atoms with Gasteiger partial charge in [0.15, 0.2) is 5.79 Å². The first-order chi connectivity index (χ1) is 6.71. The predicted molar refractivity (Wildman–Crippen MR) is 57.7 cm³/mol. The Morgan fingerprint density at radius 2 is 1.00 bits per heavy atom. The van der Waals surface area contributed by atoms with Crippen molar-refractivity contribution in [3.63, 3.8) is 0 Å². The lowest BCUT2D eigenvalue weighted by molar-refractivity contribution is -0.442. The molecule has 5 nitrogen and oxygen atoms in total. The van der Waals surface area contributed by atoms with Crippen LogP contribution in [0.2, 0.25) is 0 Å². The highest BCUT2D eigenvalue weighted by atomic mass is 16.7. The monoisotopic (exact) mass is 234 g/mol. The maximum Gasteiger partial charge on any atom is 0.195 e. The number of hydrogen-bond donors (Lipinski definition) is 4. The maximum absolute atomic E-state index is 10.4. The molecule has 4 atom stereocenters. The molecule has 0 aromatic carbocycles. The summed E-state index contributed by atoms with van der Waals surface area (Å²) in [5.41, 5.74) is -6.85. The molecule has 5 heteroatoms. The molecule has 4 N–H and O–H groups in total. The van der Waals surface area contributed by atoms with Crippen LogP contribution in [0.1, 0.15) is 41.5 Å². The van der Waals surface area contributed by atoms with Crippen molar-refractivity contribution in [1.82, 2.24) is 0 Å². The lowest BCUT2D eigenvalue weighted by atomic mass is 9.61. The van der Waals surface area contributed by atoms with Gasteiger partial charge in [-0.1, -0.05) is 0 Å². The summed E-state index contributed by atoms with van der Waals surface area (Å²) in [6, 6.07) is 0. The van der Waals surface area contributed by atoms with E-state index in [-0.39, 0.29) is 0 Å². The lowest BCUT2D eigenvalue weighted by Gasteiger charge is -2.63. The minimum absolute atomic E-state index is 1.21. The van der Waals surface area contributed by atoms with Crippen molar-refractivity contribution in [2.45, 2.75) is 69.7 Å². The Kier molecular flexibility index (Phi) is 2.57. The van der Waals surface area contributed by atoms with E-state index in [1.165, 1.54) is 27.7 Å². The molecular weight excluding hydrogens is 212 g/mol. The van der Waals surface area contributed by atoms with Crippen LogP contribution in [0.4, 0.5) is 0 Å². The highest BCUT2D eigenvalue weighted by Crippen LogP contribution is 2.52. The molecular formula is C11H22O5. The van der Waals surface area contributed by atoms with Gasteiger partial charge in [-0.2, -0.15) is 0 Å². The third kappa shape index (κ3) is 1.29. The Morgan fingerprint density at radius 1 is 0.625 bits per heavy atom. The zero-order valence-electron chi connectivity index (χ0n) is 10.7. The molecule has 0 saturated carbocycles. The number of ether oxygens (including phenoxy) is 1. The van der Waals surface area contributed by atoms with E-state index < -0.39 is 28.2 Å². The minimum atomic E-state index is -2.00. The summed E-state index contributed by atoms with van der Waals surface area (Å²) < 4.78 is 5.32. The molecule has 1 aliphatic rings. The highest BCUT2D eigenvalue weighted by molar-refractivity contribution is 5.19. The van der Waals surface area contributed by atoms with Crippen LogP contribution in [0.25, 0.3) is 0 Å². The van der Waals surface area contributed by atoms with Crippen molar-refractivity contribution >= 4 is 0 Å². The fraction of sp³-hybridized carbons (Fsp3) is 1.00. The van der Waals surface area contributed by atoms with E-state index in [9.17, 15) is 20.4 Å². The standard InChI is InChI=1S/C11H22O5/c1-7(2)8(3,12)9(4,13)10(5,14)11(6,15)16-7/h12-15H,1-6H3. The summed E-state index contributed by atoms with van der Waals surface area (Å²) in [4.78, 5) is 0. The summed E-state index contributed by atoms with van der Waals surface area (Å²) in [5, 5.41) is 41.0.